The number of fused-ring (bicyclic) bond motifs is 1. The van der Waals surface area contributed by atoms with E-state index in [0.29, 0.717) is 29.3 Å². The second-order valence-electron chi connectivity index (χ2n) is 6.40. The van der Waals surface area contributed by atoms with Gasteiger partial charge in [0.1, 0.15) is 17.1 Å². The first-order valence-corrected chi connectivity index (χ1v) is 9.35. The fourth-order valence-electron chi connectivity index (χ4n) is 2.88. The lowest BCUT2D eigenvalue weighted by Gasteiger charge is -2.11. The van der Waals surface area contributed by atoms with E-state index in [1.807, 2.05) is 29.7 Å². The normalized spacial score (nSPS) is 11.1. The maximum absolute atomic E-state index is 11.2. The van der Waals surface area contributed by atoms with Crippen LogP contribution in [-0.2, 0) is 6.54 Å². The minimum Gasteiger partial charge on any atom is -0.494 e. The minimum atomic E-state index is -1.06. The molecule has 0 fully saturated rings. The first kappa shape index (κ1) is 19.2. The van der Waals surface area contributed by atoms with Gasteiger partial charge in [0.25, 0.3) is 0 Å². The van der Waals surface area contributed by atoms with Gasteiger partial charge in [-0.2, -0.15) is 0 Å². The number of aryl methyl sites for hydroxylation is 1. The quantitative estimate of drug-likeness (QED) is 0.566. The molecule has 1 aromatic carbocycles. The molecule has 0 spiro atoms. The van der Waals surface area contributed by atoms with Gasteiger partial charge in [-0.1, -0.05) is 37.4 Å². The highest BCUT2D eigenvalue weighted by Crippen LogP contribution is 2.25. The summed E-state index contributed by atoms with van der Waals surface area (Å²) in [4.78, 5) is 19.9. The third-order valence-electron chi connectivity index (χ3n) is 4.37. The Morgan fingerprint density at radius 1 is 1.22 bits per heavy atom. The van der Waals surface area contributed by atoms with Crippen molar-refractivity contribution in [2.45, 2.75) is 39.7 Å². The van der Waals surface area contributed by atoms with Crippen LogP contribution in [0.3, 0.4) is 0 Å². The van der Waals surface area contributed by atoms with Crippen molar-refractivity contribution in [2.24, 2.45) is 0 Å². The van der Waals surface area contributed by atoms with Crippen molar-refractivity contribution in [3.63, 3.8) is 0 Å². The van der Waals surface area contributed by atoms with Gasteiger partial charge in [0.05, 0.1) is 13.2 Å². The minimum absolute atomic E-state index is 0.00873. The lowest BCUT2D eigenvalue weighted by Crippen LogP contribution is -2.06. The van der Waals surface area contributed by atoms with Crippen LogP contribution in [0.15, 0.2) is 30.3 Å². The van der Waals surface area contributed by atoms with Crippen LogP contribution in [-0.4, -0.2) is 32.2 Å². The van der Waals surface area contributed by atoms with E-state index in [9.17, 15) is 9.90 Å². The van der Waals surface area contributed by atoms with E-state index in [1.54, 1.807) is 6.07 Å². The number of rotatable bonds is 8. The molecular weight excluding hydrogens is 366 g/mol. The van der Waals surface area contributed by atoms with E-state index in [1.165, 1.54) is 6.07 Å². The number of hydrogen-bond donors (Lipinski definition) is 1. The molecule has 0 atom stereocenters. The zero-order valence-corrected chi connectivity index (χ0v) is 16.2. The first-order chi connectivity index (χ1) is 13.0. The summed E-state index contributed by atoms with van der Waals surface area (Å²) in [5.41, 5.74) is 2.07. The number of carbonyl (C=O) groups is 1. The van der Waals surface area contributed by atoms with Crippen LogP contribution < -0.4 is 4.74 Å². The number of benzene rings is 1. The van der Waals surface area contributed by atoms with Crippen LogP contribution >= 0.6 is 11.6 Å². The highest BCUT2D eigenvalue weighted by atomic mass is 35.5. The molecule has 0 amide bonds. The molecule has 27 heavy (non-hydrogen) atoms. The highest BCUT2D eigenvalue weighted by Gasteiger charge is 2.14. The van der Waals surface area contributed by atoms with Crippen LogP contribution in [0.4, 0.5) is 0 Å². The first-order valence-electron chi connectivity index (χ1n) is 8.98. The Morgan fingerprint density at radius 3 is 2.74 bits per heavy atom. The smallest absolute Gasteiger partial charge is 0.354 e. The largest absolute Gasteiger partial charge is 0.494 e. The number of halogens is 1. The maximum atomic E-state index is 11.2. The van der Waals surface area contributed by atoms with Crippen molar-refractivity contribution in [3.05, 3.63) is 52.4 Å². The van der Waals surface area contributed by atoms with Gasteiger partial charge in [-0.15, -0.1) is 0 Å². The third-order valence-corrected chi connectivity index (χ3v) is 4.72. The Morgan fingerprint density at radius 2 is 2.04 bits per heavy atom. The molecule has 0 aliphatic rings. The molecular formula is C20H22ClN3O3. The Hall–Kier alpha value is -2.60. The molecule has 0 aliphatic heterocycles. The summed E-state index contributed by atoms with van der Waals surface area (Å²) in [5, 5.41) is 9.78. The van der Waals surface area contributed by atoms with Gasteiger partial charge in [0.15, 0.2) is 11.3 Å². The van der Waals surface area contributed by atoms with Crippen LogP contribution in [0.25, 0.3) is 11.2 Å². The average molecular weight is 388 g/mol. The zero-order chi connectivity index (χ0) is 19.4. The molecule has 3 rings (SSSR count). The molecule has 6 nitrogen and oxygen atoms in total. The molecule has 1 N–H and O–H groups in total. The number of aromatic carboxylic acids is 1. The van der Waals surface area contributed by atoms with Gasteiger partial charge in [0.2, 0.25) is 0 Å². The van der Waals surface area contributed by atoms with Crippen LogP contribution in [0, 0.1) is 6.92 Å². The SMILES string of the molecule is CCCCCOc1ccc(Cn2c(C)nc3ccc(C(=O)O)nc32)c(Cl)c1. The van der Waals surface area contributed by atoms with Crippen molar-refractivity contribution in [1.82, 2.24) is 14.5 Å². The average Bonchev–Trinajstić information content (AvgIpc) is 2.95. The molecule has 2 heterocycles. The zero-order valence-electron chi connectivity index (χ0n) is 15.4. The van der Waals surface area contributed by atoms with Crippen LogP contribution in [0.5, 0.6) is 5.75 Å². The van der Waals surface area contributed by atoms with Crippen LogP contribution in [0.2, 0.25) is 5.02 Å². The number of carboxylic acids is 1. The van der Waals surface area contributed by atoms with E-state index in [-0.39, 0.29) is 5.69 Å². The summed E-state index contributed by atoms with van der Waals surface area (Å²) >= 11 is 6.44. The Kier molecular flexibility index (Phi) is 5.96. The fourth-order valence-corrected chi connectivity index (χ4v) is 3.11. The summed E-state index contributed by atoms with van der Waals surface area (Å²) in [6.07, 6.45) is 3.32. The fraction of sp³-hybridized carbons (Fsp3) is 0.350. The summed E-state index contributed by atoms with van der Waals surface area (Å²) in [6.45, 7) is 5.15. The molecule has 0 saturated heterocycles. The Balaban J connectivity index is 1.83. The molecule has 0 aliphatic carbocycles. The van der Waals surface area contributed by atoms with E-state index in [4.69, 9.17) is 16.3 Å². The molecule has 142 valence electrons. The van der Waals surface area contributed by atoms with Gasteiger partial charge >= 0.3 is 5.97 Å². The summed E-state index contributed by atoms with van der Waals surface area (Å²) < 4.78 is 7.60. The number of aromatic nitrogens is 3. The number of hydrogen-bond acceptors (Lipinski definition) is 4. The maximum Gasteiger partial charge on any atom is 0.354 e. The molecule has 3 aromatic rings. The summed E-state index contributed by atoms with van der Waals surface area (Å²) in [5.74, 6) is 0.430. The van der Waals surface area contributed by atoms with E-state index < -0.39 is 5.97 Å². The van der Waals surface area contributed by atoms with Crippen molar-refractivity contribution in [1.29, 1.82) is 0 Å². The number of carboxylic acid groups (broad SMARTS) is 1. The molecule has 7 heteroatoms. The lowest BCUT2D eigenvalue weighted by molar-refractivity contribution is 0.0691. The molecule has 2 aromatic heterocycles. The number of ether oxygens (including phenoxy) is 1. The Bertz CT molecular complexity index is 969. The highest BCUT2D eigenvalue weighted by molar-refractivity contribution is 6.31. The van der Waals surface area contributed by atoms with Crippen molar-refractivity contribution in [3.8, 4) is 5.75 Å². The molecule has 0 unspecified atom stereocenters. The van der Waals surface area contributed by atoms with Gasteiger partial charge in [-0.05, 0) is 43.2 Å². The monoisotopic (exact) mass is 387 g/mol. The predicted molar refractivity (Wildman–Crippen MR) is 105 cm³/mol. The van der Waals surface area contributed by atoms with E-state index in [0.717, 1.165) is 36.4 Å². The lowest BCUT2D eigenvalue weighted by atomic mass is 10.2. The molecule has 0 bridgehead atoms. The van der Waals surface area contributed by atoms with Gasteiger partial charge in [-0.3, -0.25) is 0 Å². The van der Waals surface area contributed by atoms with Crippen molar-refractivity contribution in [2.75, 3.05) is 6.61 Å². The van der Waals surface area contributed by atoms with Gasteiger partial charge < -0.3 is 14.4 Å². The second kappa shape index (κ2) is 8.39. The van der Waals surface area contributed by atoms with Crippen LogP contribution in [0.1, 0.15) is 48.1 Å². The van der Waals surface area contributed by atoms with Gasteiger partial charge in [-0.25, -0.2) is 14.8 Å². The topological polar surface area (TPSA) is 77.2 Å². The standard InChI is InChI=1S/C20H22ClN3O3/c1-3-4-5-10-27-15-7-6-14(16(21)11-15)12-24-13(2)22-17-8-9-18(20(25)26)23-19(17)24/h6-9,11H,3-5,10,12H2,1-2H3,(H,25,26). The van der Waals surface area contributed by atoms with E-state index in [2.05, 4.69) is 16.9 Å². The summed E-state index contributed by atoms with van der Waals surface area (Å²) in [6, 6.07) is 8.76. The third kappa shape index (κ3) is 4.39. The van der Waals surface area contributed by atoms with Crippen molar-refractivity contribution < 1.29 is 14.6 Å². The predicted octanol–water partition coefficient (Wildman–Crippen LogP) is 4.71. The number of pyridine rings is 1. The molecule has 0 radical (unpaired) electrons. The number of unbranched alkanes of at least 4 members (excludes halogenated alkanes) is 2. The Labute approximate surface area is 162 Å². The van der Waals surface area contributed by atoms with E-state index >= 15 is 0 Å². The number of imidazole rings is 1. The second-order valence-corrected chi connectivity index (χ2v) is 6.81. The summed E-state index contributed by atoms with van der Waals surface area (Å²) in [7, 11) is 0. The van der Waals surface area contributed by atoms with Crippen molar-refractivity contribution >= 4 is 28.7 Å². The van der Waals surface area contributed by atoms with Gasteiger partial charge in [0, 0.05) is 5.02 Å². The molecule has 0 saturated carbocycles. The number of nitrogens with zero attached hydrogens (tertiary/aromatic N) is 3.